The molecule has 1 fully saturated rings. The molecule has 2 atom stereocenters. The molecule has 0 amide bonds. The normalized spacial score (nSPS) is 20.2. The molecule has 0 spiro atoms. The maximum atomic E-state index is 6.08. The van der Waals surface area contributed by atoms with Gasteiger partial charge in [0.05, 0.1) is 25.5 Å². The second-order valence-electron chi connectivity index (χ2n) is 9.76. The summed E-state index contributed by atoms with van der Waals surface area (Å²) in [5.41, 5.74) is 9.45. The first-order valence-corrected chi connectivity index (χ1v) is 14.1. The van der Waals surface area contributed by atoms with E-state index in [9.17, 15) is 0 Å². The topological polar surface area (TPSA) is 52.2 Å². The molecule has 2 aromatic rings. The predicted molar refractivity (Wildman–Crippen MR) is 149 cm³/mol. The monoisotopic (exact) mass is 512 g/mol. The van der Waals surface area contributed by atoms with Crippen LogP contribution in [-0.4, -0.2) is 74.8 Å². The molecule has 2 unspecified atom stereocenters. The zero-order valence-corrected chi connectivity index (χ0v) is 23.5. The Balaban J connectivity index is 1.53. The van der Waals surface area contributed by atoms with Gasteiger partial charge in [0.25, 0.3) is 0 Å². The Morgan fingerprint density at radius 2 is 1.75 bits per heavy atom. The lowest BCUT2D eigenvalue weighted by Gasteiger charge is -2.32. The van der Waals surface area contributed by atoms with Crippen molar-refractivity contribution < 1.29 is 8.92 Å². The van der Waals surface area contributed by atoms with E-state index in [0.717, 1.165) is 56.4 Å². The second kappa shape index (κ2) is 12.3. The average molecular weight is 513 g/mol. The van der Waals surface area contributed by atoms with Crippen molar-refractivity contribution >= 4 is 11.4 Å². The van der Waals surface area contributed by atoms with E-state index in [0.29, 0.717) is 0 Å². The summed E-state index contributed by atoms with van der Waals surface area (Å²) in [6.45, 7) is 12.6. The van der Waals surface area contributed by atoms with Crippen LogP contribution in [0.3, 0.4) is 0 Å². The van der Waals surface area contributed by atoms with Gasteiger partial charge in [-0.25, -0.2) is 5.43 Å². The number of hydrogen-bond acceptors (Lipinski definition) is 7. The van der Waals surface area contributed by atoms with Crippen molar-refractivity contribution in [1.82, 2.24) is 25.0 Å². The van der Waals surface area contributed by atoms with Gasteiger partial charge in [-0.15, -0.1) is 4.18 Å². The van der Waals surface area contributed by atoms with Gasteiger partial charge in [-0.1, -0.05) is 6.92 Å². The minimum Gasteiger partial charge on any atom is -0.494 e. The number of nitrogens with zero attached hydrogens (tertiary/aromatic N) is 3. The molecule has 2 aliphatic heterocycles. The molecular weight excluding hydrogens is 470 g/mol. The van der Waals surface area contributed by atoms with E-state index in [1.54, 1.807) is 7.11 Å². The highest BCUT2D eigenvalue weighted by atomic mass is 32.2. The molecule has 1 saturated heterocycles. The van der Waals surface area contributed by atoms with Crippen molar-refractivity contribution in [3.8, 4) is 16.9 Å². The summed E-state index contributed by atoms with van der Waals surface area (Å²) >= 11 is -0.537. The number of allylic oxidation sites excluding steroid dienone is 1. The lowest BCUT2D eigenvalue weighted by Crippen LogP contribution is -2.43. The van der Waals surface area contributed by atoms with E-state index in [1.807, 2.05) is 7.05 Å². The highest BCUT2D eigenvalue weighted by Crippen LogP contribution is 2.29. The highest BCUT2D eigenvalue weighted by molar-refractivity contribution is 7.90. The van der Waals surface area contributed by atoms with Crippen LogP contribution in [0.2, 0.25) is 0 Å². The smallest absolute Gasteiger partial charge is 0.305 e. The van der Waals surface area contributed by atoms with Crippen molar-refractivity contribution in [2.45, 2.75) is 44.7 Å². The number of hydrogen-bond donors (Lipinski definition) is 2. The van der Waals surface area contributed by atoms with Gasteiger partial charge >= 0.3 is 11.4 Å². The lowest BCUT2D eigenvalue weighted by atomic mass is 10.0. The molecular formula is C28H42N5O2S+. The predicted octanol–water partition coefficient (Wildman–Crippen LogP) is 4.00. The third-order valence-corrected chi connectivity index (χ3v) is 8.36. The van der Waals surface area contributed by atoms with Crippen LogP contribution in [0.15, 0.2) is 58.8 Å². The molecule has 2 heterocycles. The minimum absolute atomic E-state index is 0.226. The Labute approximate surface area is 220 Å². The van der Waals surface area contributed by atoms with E-state index in [1.165, 1.54) is 28.1 Å². The zero-order chi connectivity index (χ0) is 25.7. The summed E-state index contributed by atoms with van der Waals surface area (Å²) in [5, 5.41) is 2.06. The van der Waals surface area contributed by atoms with Crippen molar-refractivity contribution in [1.29, 1.82) is 0 Å². The van der Waals surface area contributed by atoms with Crippen LogP contribution in [0.4, 0.5) is 0 Å². The van der Waals surface area contributed by atoms with Crippen LogP contribution in [0.5, 0.6) is 5.75 Å². The first kappa shape index (κ1) is 26.8. The largest absolute Gasteiger partial charge is 0.494 e. The third-order valence-electron chi connectivity index (χ3n) is 6.93. The Morgan fingerprint density at radius 3 is 2.36 bits per heavy atom. The first-order chi connectivity index (χ1) is 17.4. The van der Waals surface area contributed by atoms with Gasteiger partial charge in [-0.3, -0.25) is 4.90 Å². The summed E-state index contributed by atoms with van der Waals surface area (Å²) < 4.78 is 15.5. The van der Waals surface area contributed by atoms with Crippen LogP contribution >= 0.6 is 0 Å². The molecule has 2 aromatic carbocycles. The summed E-state index contributed by atoms with van der Waals surface area (Å²) in [6, 6.07) is 15.6. The Kier molecular flexibility index (Phi) is 9.19. The van der Waals surface area contributed by atoms with E-state index in [2.05, 4.69) is 95.2 Å². The second-order valence-corrected chi connectivity index (χ2v) is 11.3. The van der Waals surface area contributed by atoms with Gasteiger partial charge in [0, 0.05) is 39.8 Å². The molecule has 7 nitrogen and oxygen atoms in total. The summed E-state index contributed by atoms with van der Waals surface area (Å²) in [5.74, 6) is 0.954. The SMILES string of the molecule is CCCOc1cc(CN2CCN(C)CC2)cc(-c2ccc([S+](NC3=C(C)N(C)NC3C)OC)cc2)c1. The van der Waals surface area contributed by atoms with Crippen LogP contribution in [0.25, 0.3) is 11.1 Å². The van der Waals surface area contributed by atoms with E-state index < -0.39 is 11.4 Å². The Hall–Kier alpha value is -2.23. The molecule has 0 saturated carbocycles. The summed E-state index contributed by atoms with van der Waals surface area (Å²) in [6.07, 6.45) is 0.999. The number of benzene rings is 2. The van der Waals surface area contributed by atoms with Gasteiger partial charge in [-0.05, 0) is 86.5 Å². The maximum absolute atomic E-state index is 6.08. The molecule has 2 N–H and O–H groups in total. The van der Waals surface area contributed by atoms with Crippen molar-refractivity contribution in [3.63, 3.8) is 0 Å². The summed E-state index contributed by atoms with van der Waals surface area (Å²) in [4.78, 5) is 6.06. The maximum Gasteiger partial charge on any atom is 0.305 e. The van der Waals surface area contributed by atoms with Gasteiger partial charge in [-0.2, -0.15) is 4.72 Å². The van der Waals surface area contributed by atoms with Gasteiger partial charge in [0.1, 0.15) is 11.4 Å². The molecule has 4 rings (SSSR count). The van der Waals surface area contributed by atoms with Crippen molar-refractivity contribution in [2.24, 2.45) is 0 Å². The molecule has 8 heteroatoms. The van der Waals surface area contributed by atoms with Gasteiger partial charge < -0.3 is 14.6 Å². The minimum atomic E-state index is -0.537. The number of piperazine rings is 1. The third kappa shape index (κ3) is 6.55. The fourth-order valence-electron chi connectivity index (χ4n) is 4.66. The van der Waals surface area contributed by atoms with Gasteiger partial charge in [0.15, 0.2) is 0 Å². The number of ether oxygens (including phenoxy) is 1. The molecule has 196 valence electrons. The van der Waals surface area contributed by atoms with Crippen LogP contribution in [0, 0.1) is 0 Å². The van der Waals surface area contributed by atoms with E-state index in [4.69, 9.17) is 8.92 Å². The fraction of sp³-hybridized carbons (Fsp3) is 0.500. The standard InChI is InChI=1S/C28H42N5O2S/c1-7-16-35-26-18-23(20-33-14-12-31(4)13-15-33)17-25(19-26)24-8-10-27(11-9-24)36(34-6)30-28-21(2)29-32(5)22(28)3/h8-11,17-19,21,29-30H,7,12-16,20H2,1-6H3/q+1. The number of hydrazine groups is 1. The summed E-state index contributed by atoms with van der Waals surface area (Å²) in [7, 11) is 6.00. The highest BCUT2D eigenvalue weighted by Gasteiger charge is 2.32. The Bertz CT molecular complexity index is 1040. The van der Waals surface area contributed by atoms with Crippen LogP contribution in [0.1, 0.15) is 32.8 Å². The van der Waals surface area contributed by atoms with E-state index in [-0.39, 0.29) is 6.04 Å². The first-order valence-electron chi connectivity index (χ1n) is 12.9. The Morgan fingerprint density at radius 1 is 1.03 bits per heavy atom. The molecule has 0 radical (unpaired) electrons. The molecule has 0 aliphatic carbocycles. The molecule has 0 aromatic heterocycles. The van der Waals surface area contributed by atoms with Gasteiger partial charge in [0.2, 0.25) is 4.90 Å². The number of likely N-dealkylation sites (N-methyl/N-ethyl adjacent to an activating group) is 1. The van der Waals surface area contributed by atoms with Crippen LogP contribution in [-0.2, 0) is 22.1 Å². The zero-order valence-electron chi connectivity index (χ0n) is 22.6. The average Bonchev–Trinajstić information content (AvgIpc) is 3.12. The molecule has 36 heavy (non-hydrogen) atoms. The van der Waals surface area contributed by atoms with Crippen molar-refractivity contribution in [2.75, 3.05) is 54.0 Å². The quantitative estimate of drug-likeness (QED) is 0.467. The number of nitrogens with one attached hydrogen (secondary N) is 2. The number of rotatable bonds is 10. The fourth-order valence-corrected chi connectivity index (χ4v) is 5.96. The lowest BCUT2D eigenvalue weighted by molar-refractivity contribution is 0.148. The molecule has 0 bridgehead atoms. The van der Waals surface area contributed by atoms with Crippen LogP contribution < -0.4 is 14.9 Å². The van der Waals surface area contributed by atoms with Crippen molar-refractivity contribution in [3.05, 3.63) is 59.4 Å². The van der Waals surface area contributed by atoms with E-state index >= 15 is 0 Å². The molecule has 2 aliphatic rings.